The van der Waals surface area contributed by atoms with Crippen LogP contribution in [0.1, 0.15) is 11.3 Å². The second-order valence-electron chi connectivity index (χ2n) is 8.73. The molecule has 1 fully saturated rings. The highest BCUT2D eigenvalue weighted by atomic mass is 35.5. The number of amides is 3. The molecule has 3 heterocycles. The third-order valence-corrected chi connectivity index (χ3v) is 6.45. The second kappa shape index (κ2) is 9.40. The molecule has 0 spiro atoms. The summed E-state index contributed by atoms with van der Waals surface area (Å²) in [5.41, 5.74) is 14.9. The maximum absolute atomic E-state index is 13.3. The van der Waals surface area contributed by atoms with Gasteiger partial charge in [0.05, 0.1) is 18.1 Å². The number of rotatable bonds is 6. The van der Waals surface area contributed by atoms with Crippen LogP contribution in [0.15, 0.2) is 48.8 Å². The number of nitrogen functional groups attached to an aromatic ring is 1. The van der Waals surface area contributed by atoms with Gasteiger partial charge in [-0.25, -0.2) is 14.8 Å². The largest absolute Gasteiger partial charge is 0.383 e. The van der Waals surface area contributed by atoms with Crippen LogP contribution in [0.5, 0.6) is 0 Å². The number of urea groups is 1. The van der Waals surface area contributed by atoms with E-state index in [1.54, 1.807) is 4.90 Å². The molecule has 0 radical (unpaired) electrons. The lowest BCUT2D eigenvalue weighted by Gasteiger charge is -2.41. The summed E-state index contributed by atoms with van der Waals surface area (Å²) in [5, 5.41) is 5.11. The zero-order chi connectivity index (χ0) is 24.5. The van der Waals surface area contributed by atoms with Gasteiger partial charge in [-0.2, -0.15) is 0 Å². The molecule has 2 aromatic heterocycles. The molecule has 5 rings (SSSR count). The van der Waals surface area contributed by atoms with Crippen LogP contribution in [-0.4, -0.2) is 62.4 Å². The summed E-state index contributed by atoms with van der Waals surface area (Å²) in [6.45, 7) is 2.02. The van der Waals surface area contributed by atoms with Gasteiger partial charge in [0.1, 0.15) is 12.1 Å². The number of benzene rings is 2. The molecule has 11 heteroatoms. The minimum absolute atomic E-state index is 0.0334. The number of carbonyl (C=O) groups is 2. The molecule has 1 unspecified atom stereocenters. The number of aromatic amines is 1. The molecule has 1 saturated heterocycles. The van der Waals surface area contributed by atoms with Crippen molar-refractivity contribution in [2.45, 2.75) is 19.1 Å². The number of nitrogens with one attached hydrogen (secondary N) is 2. The SMILES string of the molecule is NC(=O)NCC1CN(Cc2cc3cc(Cl)ccc3[nH]2)CC(=O)N1Cc1ccc2c(N)ncnc2c1. The number of carbonyl (C=O) groups excluding carboxylic acids is 2. The van der Waals surface area contributed by atoms with Crippen molar-refractivity contribution in [3.63, 3.8) is 0 Å². The Bertz CT molecular complexity index is 1420. The fraction of sp³-hybridized carbons (Fsp3) is 0.250. The minimum atomic E-state index is -0.625. The summed E-state index contributed by atoms with van der Waals surface area (Å²) in [6, 6.07) is 12.5. The molecule has 1 aliphatic heterocycles. The van der Waals surface area contributed by atoms with E-state index in [9.17, 15) is 9.59 Å². The van der Waals surface area contributed by atoms with Crippen molar-refractivity contribution in [3.8, 4) is 0 Å². The fourth-order valence-corrected chi connectivity index (χ4v) is 4.77. The molecule has 180 valence electrons. The van der Waals surface area contributed by atoms with Crippen LogP contribution in [0.3, 0.4) is 0 Å². The fourth-order valence-electron chi connectivity index (χ4n) is 4.59. The summed E-state index contributed by atoms with van der Waals surface area (Å²) in [4.78, 5) is 40.2. The molecule has 0 aliphatic carbocycles. The summed E-state index contributed by atoms with van der Waals surface area (Å²) < 4.78 is 0. The number of H-pyrrole nitrogens is 1. The quantitative estimate of drug-likeness (QED) is 0.324. The van der Waals surface area contributed by atoms with Crippen molar-refractivity contribution >= 4 is 51.2 Å². The standard InChI is InChI=1S/C24H25ClN8O2/c25-16-2-4-20-15(6-16)7-17(31-20)10-32-11-18(8-28-24(27)35)33(22(34)12-32)9-14-1-3-19-21(5-14)29-13-30-23(19)26/h1-7,13,18,31H,8-12H2,(H2,26,29,30)(H3,27,28,35). The number of piperazine rings is 1. The Morgan fingerprint density at radius 2 is 2.03 bits per heavy atom. The first kappa shape index (κ1) is 22.9. The van der Waals surface area contributed by atoms with E-state index in [0.717, 1.165) is 27.5 Å². The average Bonchev–Trinajstić information content (AvgIpc) is 3.21. The average molecular weight is 493 g/mol. The summed E-state index contributed by atoms with van der Waals surface area (Å²) in [7, 11) is 0. The summed E-state index contributed by atoms with van der Waals surface area (Å²) in [6.07, 6.45) is 1.42. The van der Waals surface area contributed by atoms with Crippen LogP contribution in [0.25, 0.3) is 21.8 Å². The summed E-state index contributed by atoms with van der Waals surface area (Å²) in [5.74, 6) is 0.378. The first-order chi connectivity index (χ1) is 16.9. The van der Waals surface area contributed by atoms with Gasteiger partial charge in [0.2, 0.25) is 5.91 Å². The Kier molecular flexibility index (Phi) is 6.14. The van der Waals surface area contributed by atoms with Crippen molar-refractivity contribution in [2.75, 3.05) is 25.4 Å². The van der Waals surface area contributed by atoms with Gasteiger partial charge in [-0.3, -0.25) is 9.69 Å². The molecule has 4 aromatic rings. The third-order valence-electron chi connectivity index (χ3n) is 6.22. The Balaban J connectivity index is 1.35. The first-order valence-electron chi connectivity index (χ1n) is 11.2. The molecule has 10 nitrogen and oxygen atoms in total. The van der Waals surface area contributed by atoms with Gasteiger partial charge in [-0.1, -0.05) is 17.7 Å². The number of halogens is 1. The summed E-state index contributed by atoms with van der Waals surface area (Å²) >= 11 is 6.11. The first-order valence-corrected chi connectivity index (χ1v) is 11.5. The van der Waals surface area contributed by atoms with E-state index in [0.29, 0.717) is 36.0 Å². The van der Waals surface area contributed by atoms with Gasteiger partial charge in [0, 0.05) is 53.2 Å². The maximum atomic E-state index is 13.3. The molecule has 3 amide bonds. The molecular formula is C24H25ClN8O2. The zero-order valence-corrected chi connectivity index (χ0v) is 19.6. The van der Waals surface area contributed by atoms with E-state index < -0.39 is 6.03 Å². The highest BCUT2D eigenvalue weighted by Crippen LogP contribution is 2.24. The topological polar surface area (TPSA) is 146 Å². The highest BCUT2D eigenvalue weighted by Gasteiger charge is 2.33. The number of nitrogens with two attached hydrogens (primary N) is 2. The number of aromatic nitrogens is 3. The Morgan fingerprint density at radius 1 is 1.17 bits per heavy atom. The van der Waals surface area contributed by atoms with Crippen LogP contribution in [0, 0.1) is 0 Å². The van der Waals surface area contributed by atoms with E-state index in [1.807, 2.05) is 42.5 Å². The molecule has 1 aliphatic rings. The van der Waals surface area contributed by atoms with Crippen molar-refractivity contribution in [1.82, 2.24) is 30.1 Å². The number of hydrogen-bond donors (Lipinski definition) is 4. The molecule has 0 bridgehead atoms. The lowest BCUT2D eigenvalue weighted by Crippen LogP contribution is -2.59. The minimum Gasteiger partial charge on any atom is -0.383 e. The number of nitrogens with zero attached hydrogens (tertiary/aromatic N) is 4. The lowest BCUT2D eigenvalue weighted by molar-refractivity contribution is -0.140. The van der Waals surface area contributed by atoms with E-state index in [1.165, 1.54) is 6.33 Å². The highest BCUT2D eigenvalue weighted by molar-refractivity contribution is 6.31. The van der Waals surface area contributed by atoms with Gasteiger partial charge in [-0.05, 0) is 42.0 Å². The van der Waals surface area contributed by atoms with Gasteiger partial charge < -0.3 is 26.7 Å². The molecule has 1 atom stereocenters. The number of hydrogen-bond acceptors (Lipinski definition) is 6. The predicted molar refractivity (Wildman–Crippen MR) is 134 cm³/mol. The van der Waals surface area contributed by atoms with Gasteiger partial charge in [-0.15, -0.1) is 0 Å². The molecular weight excluding hydrogens is 468 g/mol. The Morgan fingerprint density at radius 3 is 2.86 bits per heavy atom. The third kappa shape index (κ3) is 4.98. The second-order valence-corrected chi connectivity index (χ2v) is 9.16. The number of anilines is 1. The van der Waals surface area contributed by atoms with Crippen LogP contribution < -0.4 is 16.8 Å². The molecule has 0 saturated carbocycles. The van der Waals surface area contributed by atoms with Gasteiger partial charge >= 0.3 is 6.03 Å². The predicted octanol–water partition coefficient (Wildman–Crippen LogP) is 2.23. The zero-order valence-electron chi connectivity index (χ0n) is 18.9. The van der Waals surface area contributed by atoms with Crippen LogP contribution in [-0.2, 0) is 17.9 Å². The molecule has 35 heavy (non-hydrogen) atoms. The van der Waals surface area contributed by atoms with Gasteiger partial charge in [0.15, 0.2) is 0 Å². The van der Waals surface area contributed by atoms with Crippen LogP contribution in [0.2, 0.25) is 5.02 Å². The van der Waals surface area contributed by atoms with Crippen LogP contribution in [0.4, 0.5) is 10.6 Å². The monoisotopic (exact) mass is 492 g/mol. The van der Waals surface area contributed by atoms with Crippen molar-refractivity contribution in [1.29, 1.82) is 0 Å². The normalized spacial score (nSPS) is 16.8. The van der Waals surface area contributed by atoms with E-state index in [2.05, 4.69) is 25.2 Å². The Hall–Kier alpha value is -3.89. The Labute approximate surface area is 206 Å². The maximum Gasteiger partial charge on any atom is 0.312 e. The van der Waals surface area contributed by atoms with E-state index in [-0.39, 0.29) is 25.0 Å². The van der Waals surface area contributed by atoms with Crippen molar-refractivity contribution < 1.29 is 9.59 Å². The van der Waals surface area contributed by atoms with Crippen molar-refractivity contribution in [3.05, 3.63) is 65.1 Å². The van der Waals surface area contributed by atoms with Crippen molar-refractivity contribution in [2.24, 2.45) is 5.73 Å². The number of primary amides is 1. The van der Waals surface area contributed by atoms with Crippen LogP contribution >= 0.6 is 11.6 Å². The molecule has 6 N–H and O–H groups in total. The lowest BCUT2D eigenvalue weighted by atomic mass is 10.1. The number of fused-ring (bicyclic) bond motifs is 2. The van der Waals surface area contributed by atoms with Gasteiger partial charge in [0.25, 0.3) is 0 Å². The van der Waals surface area contributed by atoms with E-state index >= 15 is 0 Å². The van der Waals surface area contributed by atoms with E-state index in [4.69, 9.17) is 23.1 Å². The smallest absolute Gasteiger partial charge is 0.312 e. The molecule has 2 aromatic carbocycles.